The fraction of sp³-hybridized carbons (Fsp3) is 0.364. The third kappa shape index (κ3) is 1.44. The lowest BCUT2D eigenvalue weighted by molar-refractivity contribution is 0.0695. The molecular formula is C11H13NO4. The monoisotopic (exact) mass is 223 g/mol. The minimum atomic E-state index is -1.01. The topological polar surface area (TPSA) is 81.8 Å². The summed E-state index contributed by atoms with van der Waals surface area (Å²) in [4.78, 5) is 11.1. The predicted molar refractivity (Wildman–Crippen MR) is 58.0 cm³/mol. The van der Waals surface area contributed by atoms with Crippen LogP contribution >= 0.6 is 0 Å². The van der Waals surface area contributed by atoms with Crippen LogP contribution in [0.2, 0.25) is 0 Å². The zero-order chi connectivity index (χ0) is 11.9. The van der Waals surface area contributed by atoms with Crippen molar-refractivity contribution >= 4 is 11.7 Å². The van der Waals surface area contributed by atoms with Gasteiger partial charge in [-0.05, 0) is 17.5 Å². The van der Waals surface area contributed by atoms with Crippen LogP contribution in [0.15, 0.2) is 6.07 Å². The maximum absolute atomic E-state index is 11.1. The van der Waals surface area contributed by atoms with E-state index in [0.717, 1.165) is 0 Å². The van der Waals surface area contributed by atoms with Crippen molar-refractivity contribution in [1.82, 2.24) is 0 Å². The lowest BCUT2D eigenvalue weighted by atomic mass is 9.94. The van der Waals surface area contributed by atoms with Crippen LogP contribution in [0.3, 0.4) is 0 Å². The number of benzene rings is 1. The molecule has 1 aliphatic rings. The highest BCUT2D eigenvalue weighted by Gasteiger charge is 2.26. The molecule has 0 saturated heterocycles. The number of hydrogen-bond acceptors (Lipinski definition) is 4. The summed E-state index contributed by atoms with van der Waals surface area (Å²) in [5, 5.41) is 9.12. The number of ether oxygens (including phenoxy) is 2. The number of carboxylic acid groups (broad SMARTS) is 1. The third-order valence-corrected chi connectivity index (χ3v) is 2.55. The maximum atomic E-state index is 11.1. The van der Waals surface area contributed by atoms with Gasteiger partial charge in [-0.25, -0.2) is 4.79 Å². The highest BCUT2D eigenvalue weighted by atomic mass is 16.7. The first-order valence-electron chi connectivity index (χ1n) is 4.97. The summed E-state index contributed by atoms with van der Waals surface area (Å²) in [7, 11) is 0. The van der Waals surface area contributed by atoms with Crippen LogP contribution in [0.1, 0.15) is 35.7 Å². The molecule has 0 saturated carbocycles. The zero-order valence-corrected chi connectivity index (χ0v) is 9.11. The normalized spacial score (nSPS) is 13.2. The molecule has 0 aliphatic carbocycles. The molecule has 3 N–H and O–H groups in total. The zero-order valence-electron chi connectivity index (χ0n) is 9.11. The Bertz CT molecular complexity index is 454. The van der Waals surface area contributed by atoms with E-state index in [2.05, 4.69) is 0 Å². The van der Waals surface area contributed by atoms with Crippen molar-refractivity contribution in [3.8, 4) is 11.5 Å². The van der Waals surface area contributed by atoms with Gasteiger partial charge in [0.05, 0.1) is 11.3 Å². The molecule has 5 heteroatoms. The van der Waals surface area contributed by atoms with E-state index in [1.165, 1.54) is 6.07 Å². The molecular weight excluding hydrogens is 210 g/mol. The van der Waals surface area contributed by atoms with Crippen LogP contribution in [-0.2, 0) is 0 Å². The molecule has 0 atom stereocenters. The molecule has 1 aromatic carbocycles. The van der Waals surface area contributed by atoms with Crippen LogP contribution in [0.5, 0.6) is 11.5 Å². The quantitative estimate of drug-likeness (QED) is 0.747. The molecule has 5 nitrogen and oxygen atoms in total. The standard InChI is InChI=1S/C11H13NO4/c1-5(2)8-6(11(13)14)3-7-10(9(8)12)16-4-15-7/h3,5H,4,12H2,1-2H3,(H,13,14). The number of anilines is 1. The van der Waals surface area contributed by atoms with E-state index in [1.807, 2.05) is 13.8 Å². The minimum Gasteiger partial charge on any atom is -0.478 e. The molecule has 0 bridgehead atoms. The first-order valence-corrected chi connectivity index (χ1v) is 4.97. The Kier molecular flexibility index (Phi) is 2.38. The van der Waals surface area contributed by atoms with Gasteiger partial charge in [-0.15, -0.1) is 0 Å². The van der Waals surface area contributed by atoms with Gasteiger partial charge in [-0.3, -0.25) is 0 Å². The summed E-state index contributed by atoms with van der Waals surface area (Å²) in [6.45, 7) is 3.86. The van der Waals surface area contributed by atoms with Gasteiger partial charge in [0.2, 0.25) is 6.79 Å². The van der Waals surface area contributed by atoms with Crippen molar-refractivity contribution in [2.45, 2.75) is 19.8 Å². The lowest BCUT2D eigenvalue weighted by Gasteiger charge is -2.14. The number of rotatable bonds is 2. The Hall–Kier alpha value is -1.91. The van der Waals surface area contributed by atoms with E-state index in [-0.39, 0.29) is 18.3 Å². The number of nitrogens with two attached hydrogens (primary N) is 1. The Labute approximate surface area is 92.8 Å². The minimum absolute atomic E-state index is 0.0144. The number of fused-ring (bicyclic) bond motifs is 1. The second kappa shape index (κ2) is 3.59. The van der Waals surface area contributed by atoms with Crippen molar-refractivity contribution in [2.24, 2.45) is 0 Å². The van der Waals surface area contributed by atoms with Crippen molar-refractivity contribution < 1.29 is 19.4 Å². The number of carbonyl (C=O) groups is 1. The van der Waals surface area contributed by atoms with E-state index in [4.69, 9.17) is 20.3 Å². The van der Waals surface area contributed by atoms with Gasteiger partial charge in [0.1, 0.15) is 0 Å². The van der Waals surface area contributed by atoms with E-state index in [9.17, 15) is 4.79 Å². The number of hydrogen-bond donors (Lipinski definition) is 2. The van der Waals surface area contributed by atoms with Gasteiger partial charge in [0, 0.05) is 0 Å². The van der Waals surface area contributed by atoms with Crippen LogP contribution in [0.4, 0.5) is 5.69 Å². The van der Waals surface area contributed by atoms with Gasteiger partial charge >= 0.3 is 5.97 Å². The molecule has 0 radical (unpaired) electrons. The predicted octanol–water partition coefficient (Wildman–Crippen LogP) is 1.82. The summed E-state index contributed by atoms with van der Waals surface area (Å²) in [5.74, 6) is -0.137. The van der Waals surface area contributed by atoms with E-state index < -0.39 is 5.97 Å². The van der Waals surface area contributed by atoms with Crippen LogP contribution in [0, 0.1) is 0 Å². The van der Waals surface area contributed by atoms with Crippen molar-refractivity contribution in [3.05, 3.63) is 17.2 Å². The largest absolute Gasteiger partial charge is 0.478 e. The molecule has 1 heterocycles. The van der Waals surface area contributed by atoms with Crippen molar-refractivity contribution in [1.29, 1.82) is 0 Å². The second-order valence-corrected chi connectivity index (χ2v) is 3.95. The Balaban J connectivity index is 2.70. The molecule has 86 valence electrons. The summed E-state index contributed by atoms with van der Waals surface area (Å²) in [5.41, 5.74) is 7.04. The summed E-state index contributed by atoms with van der Waals surface area (Å²) >= 11 is 0. The summed E-state index contributed by atoms with van der Waals surface area (Å²) in [6, 6.07) is 1.47. The Morgan fingerprint density at radius 2 is 2.19 bits per heavy atom. The van der Waals surface area contributed by atoms with Gasteiger partial charge in [-0.2, -0.15) is 0 Å². The van der Waals surface area contributed by atoms with Crippen LogP contribution < -0.4 is 15.2 Å². The Morgan fingerprint density at radius 1 is 1.50 bits per heavy atom. The molecule has 2 rings (SSSR count). The fourth-order valence-corrected chi connectivity index (χ4v) is 1.88. The highest BCUT2D eigenvalue weighted by molar-refractivity contribution is 5.93. The van der Waals surface area contributed by atoms with Crippen LogP contribution in [0.25, 0.3) is 0 Å². The lowest BCUT2D eigenvalue weighted by Crippen LogP contribution is -2.08. The maximum Gasteiger partial charge on any atom is 0.336 e. The average Bonchev–Trinajstić information content (AvgIpc) is 2.64. The molecule has 0 spiro atoms. The van der Waals surface area contributed by atoms with Crippen molar-refractivity contribution in [2.75, 3.05) is 12.5 Å². The van der Waals surface area contributed by atoms with E-state index in [1.54, 1.807) is 0 Å². The van der Waals surface area contributed by atoms with Gasteiger partial charge in [0.15, 0.2) is 11.5 Å². The molecule has 0 amide bonds. The van der Waals surface area contributed by atoms with Crippen LogP contribution in [-0.4, -0.2) is 17.9 Å². The molecule has 0 fully saturated rings. The Morgan fingerprint density at radius 3 is 2.75 bits per heavy atom. The molecule has 1 aromatic rings. The SMILES string of the molecule is CC(C)c1c(C(=O)O)cc2c(c1N)OCO2. The first kappa shape index (κ1) is 10.6. The third-order valence-electron chi connectivity index (χ3n) is 2.55. The number of carboxylic acids is 1. The second-order valence-electron chi connectivity index (χ2n) is 3.95. The van der Waals surface area contributed by atoms with E-state index in [0.29, 0.717) is 22.7 Å². The fourth-order valence-electron chi connectivity index (χ4n) is 1.88. The van der Waals surface area contributed by atoms with Crippen molar-refractivity contribution in [3.63, 3.8) is 0 Å². The summed E-state index contributed by atoms with van der Waals surface area (Å²) in [6.07, 6.45) is 0. The highest BCUT2D eigenvalue weighted by Crippen LogP contribution is 2.43. The number of nitrogen functional groups attached to an aromatic ring is 1. The average molecular weight is 223 g/mol. The van der Waals surface area contributed by atoms with E-state index >= 15 is 0 Å². The smallest absolute Gasteiger partial charge is 0.336 e. The molecule has 1 aliphatic heterocycles. The van der Waals surface area contributed by atoms with Gasteiger partial charge in [0.25, 0.3) is 0 Å². The molecule has 0 aromatic heterocycles. The van der Waals surface area contributed by atoms with Gasteiger partial charge in [-0.1, -0.05) is 13.8 Å². The number of aromatic carboxylic acids is 1. The van der Waals surface area contributed by atoms with Gasteiger partial charge < -0.3 is 20.3 Å². The molecule has 0 unspecified atom stereocenters. The molecule has 16 heavy (non-hydrogen) atoms. The summed E-state index contributed by atoms with van der Waals surface area (Å²) < 4.78 is 10.4. The first-order chi connectivity index (χ1) is 7.52.